The summed E-state index contributed by atoms with van der Waals surface area (Å²) in [5.74, 6) is -0.241. The maximum atomic E-state index is 12.3. The molecule has 0 spiro atoms. The highest BCUT2D eigenvalue weighted by atomic mass is 16.2. The molecule has 1 aromatic rings. The van der Waals surface area contributed by atoms with E-state index in [1.165, 1.54) is 25.7 Å². The third-order valence-electron chi connectivity index (χ3n) is 4.15. The summed E-state index contributed by atoms with van der Waals surface area (Å²) in [5.41, 5.74) is 1.05. The first-order chi connectivity index (χ1) is 12.1. The molecule has 140 valence electrons. The molecule has 1 aromatic heterocycles. The Hall–Kier alpha value is -1.91. The quantitative estimate of drug-likeness (QED) is 0.450. The van der Waals surface area contributed by atoms with Crippen LogP contribution in [0.15, 0.2) is 18.5 Å². The van der Waals surface area contributed by atoms with E-state index in [1.54, 1.807) is 23.0 Å². The summed E-state index contributed by atoms with van der Waals surface area (Å²) < 4.78 is 1.76. The number of pyridine rings is 1. The van der Waals surface area contributed by atoms with Crippen molar-refractivity contribution >= 4 is 11.8 Å². The molecule has 0 aliphatic rings. The van der Waals surface area contributed by atoms with E-state index in [2.05, 4.69) is 24.5 Å². The molecule has 0 fully saturated rings. The molecule has 0 aliphatic carbocycles. The number of nitrogens with zero attached hydrogens (tertiary/aromatic N) is 1. The van der Waals surface area contributed by atoms with Gasteiger partial charge in [0.25, 0.3) is 11.8 Å². The lowest BCUT2D eigenvalue weighted by Crippen LogP contribution is -2.35. The zero-order valence-corrected chi connectivity index (χ0v) is 16.1. The third kappa shape index (κ3) is 8.66. The Labute approximate surface area is 152 Å². The highest BCUT2D eigenvalue weighted by Crippen LogP contribution is 2.04. The molecule has 0 bridgehead atoms. The van der Waals surface area contributed by atoms with Crippen LogP contribution >= 0.6 is 0 Å². The minimum Gasteiger partial charge on any atom is -0.352 e. The van der Waals surface area contributed by atoms with Crippen molar-refractivity contribution in [1.82, 2.24) is 10.6 Å². The fraction of sp³-hybridized carbons (Fsp3) is 0.650. The van der Waals surface area contributed by atoms with E-state index in [-0.39, 0.29) is 11.8 Å². The van der Waals surface area contributed by atoms with Gasteiger partial charge in [0.2, 0.25) is 0 Å². The number of carbonyl (C=O) groups is 2. The summed E-state index contributed by atoms with van der Waals surface area (Å²) in [6.45, 7) is 5.69. The van der Waals surface area contributed by atoms with Gasteiger partial charge in [-0.15, -0.1) is 0 Å². The zero-order valence-electron chi connectivity index (χ0n) is 16.1. The molecule has 2 N–H and O–H groups in total. The molecule has 0 aromatic carbocycles. The fourth-order valence-corrected chi connectivity index (χ4v) is 2.68. The van der Waals surface area contributed by atoms with Gasteiger partial charge in [0.1, 0.15) is 18.2 Å². The van der Waals surface area contributed by atoms with Gasteiger partial charge in [0.15, 0.2) is 12.4 Å². The molecule has 0 saturated heterocycles. The van der Waals surface area contributed by atoms with E-state index in [1.807, 2.05) is 7.05 Å². The van der Waals surface area contributed by atoms with Crippen molar-refractivity contribution < 1.29 is 14.2 Å². The fourth-order valence-electron chi connectivity index (χ4n) is 2.68. The maximum absolute atomic E-state index is 12.3. The molecular formula is C20H34N3O2+. The van der Waals surface area contributed by atoms with Gasteiger partial charge in [-0.25, -0.2) is 4.57 Å². The summed E-state index contributed by atoms with van der Waals surface area (Å²) in [4.78, 5) is 24.6. The van der Waals surface area contributed by atoms with Gasteiger partial charge in [0.05, 0.1) is 0 Å². The standard InChI is InChI=1S/C20H33N3O2/c1-4-6-8-10-12-21-19(24)17-14-18(16-23(3)15-17)20(25)22-13-11-9-7-5-2/h14-16H,4-13H2,1-3H3,(H-,21,22,24,25)/p+1. The molecule has 0 atom stereocenters. The first kappa shape index (κ1) is 21.1. The van der Waals surface area contributed by atoms with Gasteiger partial charge in [-0.3, -0.25) is 9.59 Å². The minimum absolute atomic E-state index is 0.121. The Balaban J connectivity index is 2.53. The first-order valence-electron chi connectivity index (χ1n) is 9.65. The average molecular weight is 349 g/mol. The maximum Gasteiger partial charge on any atom is 0.257 e. The van der Waals surface area contributed by atoms with Crippen LogP contribution in [-0.4, -0.2) is 24.9 Å². The summed E-state index contributed by atoms with van der Waals surface area (Å²) >= 11 is 0. The number of hydrogen-bond acceptors (Lipinski definition) is 2. The van der Waals surface area contributed by atoms with Crippen molar-refractivity contribution in [2.45, 2.75) is 65.2 Å². The monoisotopic (exact) mass is 348 g/mol. The van der Waals surface area contributed by atoms with Crippen LogP contribution in [0.1, 0.15) is 85.9 Å². The van der Waals surface area contributed by atoms with E-state index in [4.69, 9.17) is 0 Å². The van der Waals surface area contributed by atoms with Crippen LogP contribution in [0.25, 0.3) is 0 Å². The SMILES string of the molecule is CCCCCCNC(=O)c1cc(C(=O)NCCCCCC)c[n+](C)c1. The van der Waals surface area contributed by atoms with Crippen LogP contribution in [0.4, 0.5) is 0 Å². The Morgan fingerprint density at radius 3 is 1.64 bits per heavy atom. The second kappa shape index (κ2) is 12.5. The molecule has 2 amide bonds. The van der Waals surface area contributed by atoms with Crippen LogP contribution in [0.3, 0.4) is 0 Å². The van der Waals surface area contributed by atoms with Gasteiger partial charge >= 0.3 is 0 Å². The highest BCUT2D eigenvalue weighted by molar-refractivity contribution is 5.98. The molecule has 0 radical (unpaired) electrons. The lowest BCUT2D eigenvalue weighted by atomic mass is 10.1. The molecule has 25 heavy (non-hydrogen) atoms. The van der Waals surface area contributed by atoms with Crippen molar-refractivity contribution in [1.29, 1.82) is 0 Å². The summed E-state index contributed by atoms with van der Waals surface area (Å²) in [6.07, 6.45) is 12.5. The van der Waals surface area contributed by atoms with Gasteiger partial charge in [-0.2, -0.15) is 0 Å². The second-order valence-corrected chi connectivity index (χ2v) is 6.61. The van der Waals surface area contributed by atoms with Crippen molar-refractivity contribution in [3.05, 3.63) is 29.6 Å². The van der Waals surface area contributed by atoms with Crippen molar-refractivity contribution in [3.8, 4) is 0 Å². The number of rotatable bonds is 12. The van der Waals surface area contributed by atoms with Gasteiger partial charge in [-0.05, 0) is 18.9 Å². The predicted molar refractivity (Wildman–Crippen MR) is 101 cm³/mol. The number of hydrogen-bond donors (Lipinski definition) is 2. The Morgan fingerprint density at radius 1 is 0.800 bits per heavy atom. The van der Waals surface area contributed by atoms with E-state index in [9.17, 15) is 9.59 Å². The molecule has 0 saturated carbocycles. The third-order valence-corrected chi connectivity index (χ3v) is 4.15. The number of carbonyl (C=O) groups excluding carboxylic acids is 2. The summed E-state index contributed by atoms with van der Waals surface area (Å²) in [7, 11) is 1.83. The largest absolute Gasteiger partial charge is 0.352 e. The molecular weight excluding hydrogens is 314 g/mol. The van der Waals surface area contributed by atoms with Crippen LogP contribution in [0.2, 0.25) is 0 Å². The van der Waals surface area contributed by atoms with Crippen LogP contribution < -0.4 is 15.2 Å². The number of nitrogens with one attached hydrogen (secondary N) is 2. The number of aromatic nitrogens is 1. The van der Waals surface area contributed by atoms with Crippen LogP contribution in [0.5, 0.6) is 0 Å². The van der Waals surface area contributed by atoms with E-state index >= 15 is 0 Å². The van der Waals surface area contributed by atoms with E-state index < -0.39 is 0 Å². The smallest absolute Gasteiger partial charge is 0.257 e. The number of aryl methyl sites for hydroxylation is 1. The number of unbranched alkanes of at least 4 members (excludes halogenated alkanes) is 6. The Bertz CT molecular complexity index is 499. The van der Waals surface area contributed by atoms with Gasteiger partial charge in [0, 0.05) is 13.1 Å². The second-order valence-electron chi connectivity index (χ2n) is 6.61. The normalized spacial score (nSPS) is 10.5. The van der Waals surface area contributed by atoms with Crippen LogP contribution in [-0.2, 0) is 7.05 Å². The molecule has 5 heteroatoms. The Kier molecular flexibility index (Phi) is 10.5. The highest BCUT2D eigenvalue weighted by Gasteiger charge is 2.15. The lowest BCUT2D eigenvalue weighted by molar-refractivity contribution is -0.671. The van der Waals surface area contributed by atoms with E-state index in [0.717, 1.165) is 25.7 Å². The molecule has 0 unspecified atom stereocenters. The molecule has 5 nitrogen and oxygen atoms in total. The minimum atomic E-state index is -0.121. The zero-order chi connectivity index (χ0) is 18.5. The van der Waals surface area contributed by atoms with Crippen molar-refractivity contribution in [2.24, 2.45) is 7.05 Å². The molecule has 1 heterocycles. The lowest BCUT2D eigenvalue weighted by Gasteiger charge is -2.07. The van der Waals surface area contributed by atoms with Crippen LogP contribution in [0, 0.1) is 0 Å². The topological polar surface area (TPSA) is 62.1 Å². The first-order valence-corrected chi connectivity index (χ1v) is 9.65. The number of amides is 2. The summed E-state index contributed by atoms with van der Waals surface area (Å²) in [6, 6.07) is 1.67. The van der Waals surface area contributed by atoms with Crippen molar-refractivity contribution in [3.63, 3.8) is 0 Å². The van der Waals surface area contributed by atoms with Gasteiger partial charge < -0.3 is 10.6 Å². The molecule has 0 aliphatic heterocycles. The van der Waals surface area contributed by atoms with Crippen molar-refractivity contribution in [2.75, 3.05) is 13.1 Å². The Morgan fingerprint density at radius 2 is 1.24 bits per heavy atom. The molecule has 1 rings (SSSR count). The summed E-state index contributed by atoms with van der Waals surface area (Å²) in [5, 5.41) is 5.87. The predicted octanol–water partition coefficient (Wildman–Crippen LogP) is 3.13. The average Bonchev–Trinajstić information content (AvgIpc) is 2.60. The van der Waals surface area contributed by atoms with E-state index in [0.29, 0.717) is 24.2 Å². The van der Waals surface area contributed by atoms with Gasteiger partial charge in [-0.1, -0.05) is 52.4 Å².